The molecule has 0 radical (unpaired) electrons. The standard InChI is InChI=1S/C112H88B2N4O/c1-69-28-22-29-70(2)105(69)81-48-55-87(56-49-81)115(88-57-50-82(51-58-88)106-71(3)30-23-31-72(106)4)90-65-102-111-104(66-90)119-103-68-99-95(67-96(103)113(111)93-46-20-21-47-97(93)116(102)86-42-18-13-19-43-86)114-94-62-84(108-75(7)34-25-35-76(108)8)54-61-98(94)117(89-59-52-83(53-60-89)107-73(5)32-24-33-74(107)6)100-63-85(109-77(9)36-26-37-78(109)10)64-101(110(100)114)118(99)112-91(79-38-14-11-15-39-79)44-27-45-92(112)80-40-16-12-17-41-80/h11-68H,1-10H3. The predicted molar refractivity (Wildman–Crippen MR) is 506 cm³/mol. The number of hydrogen-bond donors (Lipinski definition) is 0. The number of para-hydroxylation sites is 3. The van der Waals surface area contributed by atoms with Crippen molar-refractivity contribution in [2.75, 3.05) is 19.6 Å². The molecule has 4 aliphatic rings. The van der Waals surface area contributed by atoms with Gasteiger partial charge >= 0.3 is 0 Å². The third-order valence-corrected chi connectivity index (χ3v) is 25.8. The second kappa shape index (κ2) is 28.9. The number of hydrogen-bond acceptors (Lipinski definition) is 5. The van der Waals surface area contributed by atoms with Crippen LogP contribution in [-0.2, 0) is 0 Å². The normalized spacial score (nSPS) is 12.6. The maximum atomic E-state index is 8.21. The molecule has 0 unspecified atom stereocenters. The lowest BCUT2D eigenvalue weighted by atomic mass is 9.30. The Balaban J connectivity index is 0.867. The fourth-order valence-electron chi connectivity index (χ4n) is 20.6. The Morgan fingerprint density at radius 1 is 0.218 bits per heavy atom. The van der Waals surface area contributed by atoms with E-state index in [-0.39, 0.29) is 13.4 Å². The molecule has 21 rings (SSSR count). The first-order valence-corrected chi connectivity index (χ1v) is 41.8. The Bertz CT molecular complexity index is 6700. The van der Waals surface area contributed by atoms with Crippen molar-refractivity contribution in [1.29, 1.82) is 0 Å². The number of nitrogens with zero attached hydrogens (tertiary/aromatic N) is 4. The van der Waals surface area contributed by atoms with E-state index in [1.165, 1.54) is 128 Å². The van der Waals surface area contributed by atoms with Crippen LogP contribution in [0.15, 0.2) is 352 Å². The van der Waals surface area contributed by atoms with Crippen LogP contribution >= 0.6 is 0 Å². The molecule has 0 atom stereocenters. The van der Waals surface area contributed by atoms with Crippen molar-refractivity contribution in [2.45, 2.75) is 69.2 Å². The van der Waals surface area contributed by atoms with Gasteiger partial charge in [0.25, 0.3) is 13.4 Å². The van der Waals surface area contributed by atoms with Crippen LogP contribution in [0.5, 0.6) is 11.5 Å². The van der Waals surface area contributed by atoms with Crippen LogP contribution in [0.4, 0.5) is 68.2 Å². The second-order valence-electron chi connectivity index (χ2n) is 33.1. The lowest BCUT2D eigenvalue weighted by molar-refractivity contribution is 0.488. The molecule has 568 valence electrons. The number of aryl methyl sites for hydroxylation is 10. The molecule has 0 amide bonds. The average molecular weight is 1530 g/mol. The van der Waals surface area contributed by atoms with Crippen LogP contribution in [0.3, 0.4) is 0 Å². The Morgan fingerprint density at radius 2 is 0.597 bits per heavy atom. The third kappa shape index (κ3) is 12.0. The molecule has 119 heavy (non-hydrogen) atoms. The molecule has 0 spiro atoms. The van der Waals surface area contributed by atoms with Crippen molar-refractivity contribution in [1.82, 2.24) is 0 Å². The Labute approximate surface area is 700 Å². The molecule has 0 saturated carbocycles. The summed E-state index contributed by atoms with van der Waals surface area (Å²) < 4.78 is 8.21. The van der Waals surface area contributed by atoms with Gasteiger partial charge in [-0.15, -0.1) is 0 Å². The van der Waals surface area contributed by atoms with Crippen molar-refractivity contribution in [3.05, 3.63) is 407 Å². The zero-order valence-electron chi connectivity index (χ0n) is 68.8. The zero-order valence-corrected chi connectivity index (χ0v) is 68.8. The van der Waals surface area contributed by atoms with Gasteiger partial charge in [-0.05, 0) is 303 Å². The van der Waals surface area contributed by atoms with E-state index in [0.29, 0.717) is 0 Å². The molecule has 0 aromatic heterocycles. The minimum absolute atomic E-state index is 0.283. The summed E-state index contributed by atoms with van der Waals surface area (Å²) in [7, 11) is 0. The molecule has 0 saturated heterocycles. The summed E-state index contributed by atoms with van der Waals surface area (Å²) in [6.07, 6.45) is 0. The highest BCUT2D eigenvalue weighted by molar-refractivity contribution is 7.02. The fraction of sp³-hybridized carbons (Fsp3) is 0.0893. The summed E-state index contributed by atoms with van der Waals surface area (Å²) >= 11 is 0. The van der Waals surface area contributed by atoms with Gasteiger partial charge in [-0.1, -0.05) is 261 Å². The maximum absolute atomic E-state index is 8.21. The molecule has 7 heteroatoms. The second-order valence-corrected chi connectivity index (χ2v) is 33.1. The number of ether oxygens (including phenoxy) is 1. The predicted octanol–water partition coefficient (Wildman–Crippen LogP) is 26.4. The van der Waals surface area contributed by atoms with Crippen molar-refractivity contribution >= 4 is 114 Å². The Kier molecular flexibility index (Phi) is 17.6. The number of rotatable bonds is 13. The summed E-state index contributed by atoms with van der Waals surface area (Å²) in [6.45, 7) is 21.9. The molecular formula is C112H88B2N4O. The summed E-state index contributed by atoms with van der Waals surface area (Å²) in [4.78, 5) is 10.2. The lowest BCUT2D eigenvalue weighted by Crippen LogP contribution is -2.64. The van der Waals surface area contributed by atoms with Crippen molar-refractivity contribution in [3.63, 3.8) is 0 Å². The van der Waals surface area contributed by atoms with Crippen LogP contribution in [0.2, 0.25) is 0 Å². The molecular weight excluding hydrogens is 1440 g/mol. The largest absolute Gasteiger partial charge is 0.458 e. The summed E-state index contributed by atoms with van der Waals surface area (Å²) in [5.74, 6) is 1.60. The van der Waals surface area contributed by atoms with Crippen LogP contribution in [-0.4, -0.2) is 13.4 Å². The first-order valence-electron chi connectivity index (χ1n) is 41.8. The van der Waals surface area contributed by atoms with E-state index in [0.717, 1.165) is 118 Å². The number of anilines is 12. The van der Waals surface area contributed by atoms with Crippen molar-refractivity contribution < 1.29 is 4.74 Å². The Hall–Kier alpha value is -14.1. The van der Waals surface area contributed by atoms with Gasteiger partial charge in [0.2, 0.25) is 0 Å². The van der Waals surface area contributed by atoms with Gasteiger partial charge in [-0.2, -0.15) is 0 Å². The molecule has 4 aliphatic heterocycles. The van der Waals surface area contributed by atoms with E-state index in [9.17, 15) is 0 Å². The van der Waals surface area contributed by atoms with Gasteiger partial charge in [0.1, 0.15) is 11.5 Å². The quantitative estimate of drug-likeness (QED) is 0.107. The van der Waals surface area contributed by atoms with Crippen LogP contribution in [0.25, 0.3) is 77.9 Å². The van der Waals surface area contributed by atoms with Gasteiger partial charge in [0, 0.05) is 80.1 Å². The third-order valence-electron chi connectivity index (χ3n) is 25.8. The molecule has 0 aliphatic carbocycles. The molecule has 4 heterocycles. The summed E-state index contributed by atoms with van der Waals surface area (Å²) in [5.41, 5.74) is 48.9. The molecule has 0 fully saturated rings. The fourth-order valence-corrected chi connectivity index (χ4v) is 20.6. The molecule has 17 aromatic rings. The van der Waals surface area contributed by atoms with Crippen molar-refractivity contribution in [2.24, 2.45) is 0 Å². The molecule has 0 bridgehead atoms. The monoisotopic (exact) mass is 1530 g/mol. The summed E-state index contributed by atoms with van der Waals surface area (Å²) in [5, 5.41) is 0. The van der Waals surface area contributed by atoms with Crippen LogP contribution in [0.1, 0.15) is 55.6 Å². The molecule has 0 N–H and O–H groups in total. The van der Waals surface area contributed by atoms with Gasteiger partial charge in [-0.25, -0.2) is 0 Å². The van der Waals surface area contributed by atoms with E-state index in [1.807, 2.05) is 0 Å². The Morgan fingerprint density at radius 3 is 1.09 bits per heavy atom. The number of fused-ring (bicyclic) bond motifs is 8. The van der Waals surface area contributed by atoms with E-state index in [4.69, 9.17) is 4.74 Å². The van der Waals surface area contributed by atoms with E-state index < -0.39 is 0 Å². The highest BCUT2D eigenvalue weighted by Gasteiger charge is 2.49. The minimum atomic E-state index is -0.310. The van der Waals surface area contributed by atoms with Crippen LogP contribution < -0.4 is 57.1 Å². The first kappa shape index (κ1) is 72.6. The first-order chi connectivity index (χ1) is 58.2. The van der Waals surface area contributed by atoms with E-state index in [2.05, 4.69) is 441 Å². The van der Waals surface area contributed by atoms with Crippen LogP contribution in [0, 0.1) is 69.2 Å². The smallest absolute Gasteiger partial charge is 0.256 e. The van der Waals surface area contributed by atoms with Crippen molar-refractivity contribution in [3.8, 4) is 89.4 Å². The zero-order chi connectivity index (χ0) is 80.6. The number of benzene rings is 17. The minimum Gasteiger partial charge on any atom is -0.458 e. The summed E-state index contributed by atoms with van der Waals surface area (Å²) in [6, 6.07) is 133. The highest BCUT2D eigenvalue weighted by Crippen LogP contribution is 2.55. The SMILES string of the molecule is Cc1cccc(C)c1-c1ccc(N(c2ccc(-c3c(C)cccc3C)cc2)c2cc3c4c(c2)N(c2ccccc2)c2ccccc2B4c2cc4c(cc2O3)N(c2c(-c3ccccc3)cccc2-c2ccccc2)c2cc(-c3c(C)cccc3C)cc3c2B4c2cc(-c4c(C)cccc4C)ccc2N3c2ccc(-c3c(C)cccc3C)cc2)cc1. The van der Waals surface area contributed by atoms with E-state index >= 15 is 0 Å². The molecule has 17 aromatic carbocycles. The van der Waals surface area contributed by atoms with E-state index in [1.54, 1.807) is 0 Å². The molecule has 5 nitrogen and oxygen atoms in total. The average Bonchev–Trinajstić information content (AvgIpc) is 0.680. The topological polar surface area (TPSA) is 22.2 Å². The van der Waals surface area contributed by atoms with Gasteiger partial charge in [0.15, 0.2) is 0 Å². The highest BCUT2D eigenvalue weighted by atomic mass is 16.5. The lowest BCUT2D eigenvalue weighted by Gasteiger charge is -2.46. The van der Waals surface area contributed by atoms with Gasteiger partial charge < -0.3 is 24.3 Å². The van der Waals surface area contributed by atoms with Gasteiger partial charge in [0.05, 0.1) is 11.4 Å². The van der Waals surface area contributed by atoms with Gasteiger partial charge in [-0.3, -0.25) is 0 Å². The maximum Gasteiger partial charge on any atom is 0.256 e.